The average molecular weight is 199 g/mol. The summed E-state index contributed by atoms with van der Waals surface area (Å²) in [5.74, 6) is -0.944. The van der Waals surface area contributed by atoms with Gasteiger partial charge in [-0.05, 0) is 32.1 Å². The van der Waals surface area contributed by atoms with Crippen molar-refractivity contribution in [1.82, 2.24) is 5.32 Å². The molecule has 2 unspecified atom stereocenters. The Balaban J connectivity index is 1.88. The maximum atomic E-state index is 10.8. The van der Waals surface area contributed by atoms with Crippen molar-refractivity contribution < 1.29 is 15.0 Å². The third-order valence-corrected chi connectivity index (χ3v) is 3.70. The second-order valence-corrected chi connectivity index (χ2v) is 4.56. The van der Waals surface area contributed by atoms with Gasteiger partial charge in [-0.3, -0.25) is 4.79 Å². The molecule has 2 aliphatic carbocycles. The van der Waals surface area contributed by atoms with Gasteiger partial charge in [-0.2, -0.15) is 0 Å². The fourth-order valence-corrected chi connectivity index (χ4v) is 2.31. The first-order chi connectivity index (χ1) is 6.67. The van der Waals surface area contributed by atoms with Crippen molar-refractivity contribution in [1.29, 1.82) is 0 Å². The van der Waals surface area contributed by atoms with Gasteiger partial charge in [0.15, 0.2) is 0 Å². The fraction of sp³-hybridized carbons (Fsp3) is 0.900. The summed E-state index contributed by atoms with van der Waals surface area (Å²) < 4.78 is 0. The van der Waals surface area contributed by atoms with E-state index >= 15 is 0 Å². The van der Waals surface area contributed by atoms with Crippen molar-refractivity contribution in [2.75, 3.05) is 6.61 Å². The zero-order valence-electron chi connectivity index (χ0n) is 8.20. The van der Waals surface area contributed by atoms with Crippen molar-refractivity contribution in [3.05, 3.63) is 0 Å². The van der Waals surface area contributed by atoms with Gasteiger partial charge in [-0.25, -0.2) is 0 Å². The van der Waals surface area contributed by atoms with Crippen LogP contribution in [0.3, 0.4) is 0 Å². The monoisotopic (exact) mass is 199 g/mol. The number of carboxylic acids is 1. The van der Waals surface area contributed by atoms with Gasteiger partial charge >= 0.3 is 5.97 Å². The quantitative estimate of drug-likeness (QED) is 0.611. The molecule has 0 heterocycles. The molecule has 80 valence electrons. The molecule has 0 aromatic heterocycles. The maximum Gasteiger partial charge on any atom is 0.308 e. The molecule has 0 aromatic rings. The molecule has 2 atom stereocenters. The molecule has 0 aromatic carbocycles. The Hall–Kier alpha value is -0.610. The van der Waals surface area contributed by atoms with Crippen LogP contribution in [0.1, 0.15) is 32.1 Å². The lowest BCUT2D eigenvalue weighted by Gasteiger charge is -2.48. The van der Waals surface area contributed by atoms with Gasteiger partial charge in [-0.1, -0.05) is 0 Å². The molecule has 0 saturated heterocycles. The zero-order chi connectivity index (χ0) is 10.2. The van der Waals surface area contributed by atoms with Crippen LogP contribution in [-0.2, 0) is 4.79 Å². The van der Waals surface area contributed by atoms with E-state index in [-0.39, 0.29) is 24.1 Å². The van der Waals surface area contributed by atoms with Gasteiger partial charge in [0.05, 0.1) is 12.5 Å². The van der Waals surface area contributed by atoms with Gasteiger partial charge in [0.2, 0.25) is 0 Å². The number of hydrogen-bond acceptors (Lipinski definition) is 3. The first-order valence-electron chi connectivity index (χ1n) is 5.28. The number of carboxylic acid groups (broad SMARTS) is 1. The van der Waals surface area contributed by atoms with Gasteiger partial charge in [0.1, 0.15) is 0 Å². The summed E-state index contributed by atoms with van der Waals surface area (Å²) in [4.78, 5) is 10.8. The Bertz CT molecular complexity index is 232. The molecule has 2 aliphatic rings. The van der Waals surface area contributed by atoms with E-state index in [4.69, 9.17) is 5.11 Å². The Morgan fingerprint density at radius 2 is 2.14 bits per heavy atom. The molecular formula is C10H17NO3. The number of aliphatic hydroxyl groups excluding tert-OH is 1. The summed E-state index contributed by atoms with van der Waals surface area (Å²) in [7, 11) is 0. The molecular weight excluding hydrogens is 182 g/mol. The molecule has 3 N–H and O–H groups in total. The third-order valence-electron chi connectivity index (χ3n) is 3.70. The average Bonchev–Trinajstić information content (AvgIpc) is 2.00. The van der Waals surface area contributed by atoms with E-state index < -0.39 is 5.97 Å². The highest BCUT2D eigenvalue weighted by atomic mass is 16.4. The van der Waals surface area contributed by atoms with Crippen molar-refractivity contribution in [3.8, 4) is 0 Å². The van der Waals surface area contributed by atoms with Crippen LogP contribution in [0, 0.1) is 5.92 Å². The topological polar surface area (TPSA) is 69.6 Å². The standard InChI is InChI=1S/C10H17NO3/c12-6-10(4-1-5-10)11-8-3-2-7(8)9(13)14/h7-8,11-12H,1-6H2,(H,13,14). The molecule has 14 heavy (non-hydrogen) atoms. The van der Waals surface area contributed by atoms with Gasteiger partial charge < -0.3 is 15.5 Å². The van der Waals surface area contributed by atoms with E-state index in [2.05, 4.69) is 5.32 Å². The highest BCUT2D eigenvalue weighted by molar-refractivity contribution is 5.72. The first kappa shape index (κ1) is 9.93. The summed E-state index contributed by atoms with van der Waals surface area (Å²) in [5, 5.41) is 21.4. The molecule has 2 fully saturated rings. The van der Waals surface area contributed by atoms with Crippen LogP contribution in [-0.4, -0.2) is 34.4 Å². The lowest BCUT2D eigenvalue weighted by atomic mass is 9.72. The van der Waals surface area contributed by atoms with Crippen molar-refractivity contribution in [2.24, 2.45) is 5.92 Å². The number of aliphatic hydroxyl groups is 1. The Morgan fingerprint density at radius 3 is 2.43 bits per heavy atom. The maximum absolute atomic E-state index is 10.8. The Morgan fingerprint density at radius 1 is 1.43 bits per heavy atom. The first-order valence-corrected chi connectivity index (χ1v) is 5.28. The highest BCUT2D eigenvalue weighted by Crippen LogP contribution is 2.36. The SMILES string of the molecule is O=C(O)C1CCC1NC1(CO)CCC1. The minimum Gasteiger partial charge on any atom is -0.481 e. The third kappa shape index (κ3) is 1.53. The predicted molar refractivity (Wildman–Crippen MR) is 51.0 cm³/mol. The van der Waals surface area contributed by atoms with E-state index in [0.717, 1.165) is 32.1 Å². The molecule has 2 saturated carbocycles. The number of aliphatic carboxylic acids is 1. The van der Waals surface area contributed by atoms with Crippen LogP contribution >= 0.6 is 0 Å². The summed E-state index contributed by atoms with van der Waals surface area (Å²) in [6.45, 7) is 0.135. The van der Waals surface area contributed by atoms with Crippen LogP contribution < -0.4 is 5.32 Å². The number of hydrogen-bond donors (Lipinski definition) is 3. The molecule has 0 amide bonds. The minimum atomic E-state index is -0.707. The molecule has 0 radical (unpaired) electrons. The van der Waals surface area contributed by atoms with Crippen molar-refractivity contribution >= 4 is 5.97 Å². The normalized spacial score (nSPS) is 34.4. The summed E-state index contributed by atoms with van der Waals surface area (Å²) >= 11 is 0. The summed E-state index contributed by atoms with van der Waals surface area (Å²) in [6, 6.07) is 0.0833. The lowest BCUT2D eigenvalue weighted by Crippen LogP contribution is -2.62. The van der Waals surface area contributed by atoms with Gasteiger partial charge in [0, 0.05) is 11.6 Å². The van der Waals surface area contributed by atoms with Gasteiger partial charge in [0.25, 0.3) is 0 Å². The van der Waals surface area contributed by atoms with Crippen LogP contribution in [0.5, 0.6) is 0 Å². The van der Waals surface area contributed by atoms with E-state index in [1.807, 2.05) is 0 Å². The molecule has 0 aliphatic heterocycles. The predicted octanol–water partition coefficient (Wildman–Crippen LogP) is 0.354. The second-order valence-electron chi connectivity index (χ2n) is 4.56. The molecule has 0 spiro atoms. The largest absolute Gasteiger partial charge is 0.481 e. The zero-order valence-corrected chi connectivity index (χ0v) is 8.20. The van der Waals surface area contributed by atoms with Crippen molar-refractivity contribution in [3.63, 3.8) is 0 Å². The summed E-state index contributed by atoms with van der Waals surface area (Å²) in [5.41, 5.74) is -0.154. The van der Waals surface area contributed by atoms with Gasteiger partial charge in [-0.15, -0.1) is 0 Å². The Labute approximate surface area is 83.3 Å². The van der Waals surface area contributed by atoms with Crippen LogP contribution in [0.15, 0.2) is 0 Å². The van der Waals surface area contributed by atoms with Crippen LogP contribution in [0.4, 0.5) is 0 Å². The highest BCUT2D eigenvalue weighted by Gasteiger charge is 2.44. The number of nitrogens with one attached hydrogen (secondary N) is 1. The van der Waals surface area contributed by atoms with Crippen LogP contribution in [0.2, 0.25) is 0 Å². The summed E-state index contributed by atoms with van der Waals surface area (Å²) in [6.07, 6.45) is 4.80. The van der Waals surface area contributed by atoms with Crippen molar-refractivity contribution in [2.45, 2.75) is 43.7 Å². The number of carbonyl (C=O) groups is 1. The van der Waals surface area contributed by atoms with E-state index in [1.165, 1.54) is 0 Å². The number of rotatable bonds is 4. The van der Waals surface area contributed by atoms with Crippen LogP contribution in [0.25, 0.3) is 0 Å². The molecule has 2 rings (SSSR count). The molecule has 4 heteroatoms. The fourth-order valence-electron chi connectivity index (χ4n) is 2.31. The van der Waals surface area contributed by atoms with E-state index in [9.17, 15) is 9.90 Å². The second kappa shape index (κ2) is 3.51. The smallest absolute Gasteiger partial charge is 0.308 e. The minimum absolute atomic E-state index is 0.0833. The molecule has 0 bridgehead atoms. The Kier molecular flexibility index (Phi) is 2.49. The molecule has 4 nitrogen and oxygen atoms in total. The lowest BCUT2D eigenvalue weighted by molar-refractivity contribution is -0.146. The van der Waals surface area contributed by atoms with E-state index in [1.54, 1.807) is 0 Å². The van der Waals surface area contributed by atoms with E-state index in [0.29, 0.717) is 0 Å².